The van der Waals surface area contributed by atoms with Gasteiger partial charge >= 0.3 is 11.9 Å². The van der Waals surface area contributed by atoms with Crippen molar-refractivity contribution < 1.29 is 47.8 Å². The Morgan fingerprint density at radius 1 is 0.621 bits per heavy atom. The zero-order valence-electron chi connectivity index (χ0n) is 38.0. The first-order valence-electron chi connectivity index (χ1n) is 22.1. The third-order valence-electron chi connectivity index (χ3n) is 9.91. The molecular weight excluding hydrogens is 849 g/mol. The Morgan fingerprint density at radius 3 is 1.65 bits per heavy atom. The van der Waals surface area contributed by atoms with E-state index in [2.05, 4.69) is 43.8 Å². The van der Waals surface area contributed by atoms with Crippen LogP contribution in [0.15, 0.2) is 97.2 Å². The first kappa shape index (κ1) is 51.7. The molecule has 0 spiro atoms. The highest BCUT2D eigenvalue weighted by atomic mass is 16.5. The van der Waals surface area contributed by atoms with Crippen molar-refractivity contribution in [1.82, 2.24) is 41.6 Å². The summed E-state index contributed by atoms with van der Waals surface area (Å²) in [5.41, 5.74) is 3.05. The van der Waals surface area contributed by atoms with Gasteiger partial charge in [-0.3, -0.25) is 33.6 Å². The summed E-state index contributed by atoms with van der Waals surface area (Å²) in [6.07, 6.45) is 2.63. The van der Waals surface area contributed by atoms with E-state index < -0.39 is 78.5 Å². The van der Waals surface area contributed by atoms with E-state index in [1.807, 2.05) is 50.4 Å². The van der Waals surface area contributed by atoms with E-state index in [4.69, 9.17) is 14.2 Å². The van der Waals surface area contributed by atoms with Crippen LogP contribution < -0.4 is 26.6 Å². The number of hydrogen-bond acceptors (Lipinski definition) is 12. The van der Waals surface area contributed by atoms with Crippen LogP contribution in [0.5, 0.6) is 0 Å². The van der Waals surface area contributed by atoms with Crippen LogP contribution in [0.4, 0.5) is 0 Å². The van der Waals surface area contributed by atoms with Crippen LogP contribution >= 0.6 is 0 Å². The van der Waals surface area contributed by atoms with Gasteiger partial charge in [-0.05, 0) is 35.4 Å². The molecule has 0 unspecified atom stereocenters. The predicted molar refractivity (Wildman–Crippen MR) is 243 cm³/mol. The molecule has 0 saturated heterocycles. The number of carbonyl (C=O) groups excluding carboxylic acids is 7. The van der Waals surface area contributed by atoms with E-state index in [-0.39, 0.29) is 45.1 Å². The molecule has 0 bridgehead atoms. The molecule has 0 aliphatic heterocycles. The number of benzene rings is 3. The number of esters is 2. The quantitative estimate of drug-likeness (QED) is 0.0409. The Balaban J connectivity index is 1.46. The van der Waals surface area contributed by atoms with Gasteiger partial charge in [-0.15, -0.1) is 5.10 Å². The van der Waals surface area contributed by atoms with Gasteiger partial charge in [0, 0.05) is 26.1 Å². The molecule has 18 heteroatoms. The van der Waals surface area contributed by atoms with Crippen LogP contribution in [-0.4, -0.2) is 100 Å². The van der Waals surface area contributed by atoms with E-state index >= 15 is 0 Å². The molecule has 3 aromatic carbocycles. The molecule has 4 aromatic rings. The highest BCUT2D eigenvalue weighted by Gasteiger charge is 2.34. The molecule has 4 rings (SSSR count). The number of ether oxygens (including phenoxy) is 3. The smallest absolute Gasteiger partial charge is 0.308 e. The van der Waals surface area contributed by atoms with Crippen molar-refractivity contribution in [2.75, 3.05) is 19.8 Å². The van der Waals surface area contributed by atoms with E-state index in [0.29, 0.717) is 24.3 Å². The highest BCUT2D eigenvalue weighted by molar-refractivity contribution is 5.97. The maximum Gasteiger partial charge on any atom is 0.308 e. The Kier molecular flexibility index (Phi) is 22.0. The lowest BCUT2D eigenvalue weighted by atomic mass is 10.0. The van der Waals surface area contributed by atoms with Crippen molar-refractivity contribution in [1.29, 1.82) is 0 Å². The van der Waals surface area contributed by atoms with Gasteiger partial charge in [-0.25, -0.2) is 4.68 Å². The van der Waals surface area contributed by atoms with Crippen LogP contribution in [0.1, 0.15) is 75.8 Å². The minimum atomic E-state index is -1.63. The van der Waals surface area contributed by atoms with Gasteiger partial charge in [0.05, 0.1) is 38.3 Å². The van der Waals surface area contributed by atoms with Crippen LogP contribution in [0.2, 0.25) is 0 Å². The second kappa shape index (κ2) is 28.1. The van der Waals surface area contributed by atoms with Crippen molar-refractivity contribution in [2.45, 2.75) is 110 Å². The van der Waals surface area contributed by atoms with E-state index in [9.17, 15) is 33.6 Å². The Hall–Kier alpha value is -6.95. The summed E-state index contributed by atoms with van der Waals surface area (Å²) >= 11 is 0. The molecule has 0 aliphatic carbocycles. The van der Waals surface area contributed by atoms with Gasteiger partial charge in [0.15, 0.2) is 0 Å². The van der Waals surface area contributed by atoms with Crippen molar-refractivity contribution in [3.63, 3.8) is 0 Å². The Bertz CT molecular complexity index is 2150. The average molecular weight is 911 g/mol. The molecule has 0 fully saturated rings. The molecule has 0 saturated carbocycles. The zero-order chi connectivity index (χ0) is 47.7. The fourth-order valence-corrected chi connectivity index (χ4v) is 6.62. The van der Waals surface area contributed by atoms with Gasteiger partial charge in [-0.2, -0.15) is 0 Å². The molecule has 1 heterocycles. The SMILES string of the molecule is CCCc1cn(CCOCCNC(=O)[C@H](Cc2ccccc2)NC(=O)[C@@H](CC(C)C)NC(=O)[C@H](CC(=O)OCc2ccccc2)NC(=O)[C@@H](CC(=O)OCc2ccccc2)NC(C)=O)nn1. The molecule has 4 atom stereocenters. The number of amides is 5. The standard InChI is InChI=1S/C48H62N8O10/c1-5-15-38-30-56(55-54-38)23-25-64-24-22-49-45(60)40(27-35-16-9-6-10-17-35)52-46(61)39(26-33(2)3)51-48(63)42(29-44(59)66-32-37-20-13-8-14-21-37)53-47(62)41(50-34(4)57)28-43(58)65-31-36-18-11-7-12-19-36/h6-14,16-21,30,33,39-42H,5,15,22-29,31-32H2,1-4H3,(H,49,60)(H,50,57)(H,51,63)(H,52,61)(H,53,62)/t39-,40+,41-,42+/m1/s1. The first-order chi connectivity index (χ1) is 31.8. The van der Waals surface area contributed by atoms with Gasteiger partial charge in [-0.1, -0.05) is 123 Å². The van der Waals surface area contributed by atoms with E-state index in [1.165, 1.54) is 0 Å². The van der Waals surface area contributed by atoms with Gasteiger partial charge < -0.3 is 40.8 Å². The van der Waals surface area contributed by atoms with Crippen molar-refractivity contribution >= 4 is 41.5 Å². The number of carbonyl (C=O) groups is 7. The zero-order valence-corrected chi connectivity index (χ0v) is 38.0. The van der Waals surface area contributed by atoms with E-state index in [0.717, 1.165) is 31.0 Å². The molecule has 5 N–H and O–H groups in total. The summed E-state index contributed by atoms with van der Waals surface area (Å²) in [4.78, 5) is 94.1. The number of nitrogens with one attached hydrogen (secondary N) is 5. The fraction of sp³-hybridized carbons (Fsp3) is 0.438. The summed E-state index contributed by atoms with van der Waals surface area (Å²) in [6, 6.07) is 21.3. The number of aryl methyl sites for hydroxylation is 1. The van der Waals surface area contributed by atoms with Crippen molar-refractivity contribution in [3.05, 3.63) is 120 Å². The molecular formula is C48H62N8O10. The number of nitrogens with zero attached hydrogens (tertiary/aromatic N) is 3. The lowest BCUT2D eigenvalue weighted by Gasteiger charge is -2.27. The van der Waals surface area contributed by atoms with Crippen LogP contribution in [-0.2, 0) is 80.4 Å². The van der Waals surface area contributed by atoms with Crippen LogP contribution in [0, 0.1) is 5.92 Å². The maximum atomic E-state index is 14.2. The lowest BCUT2D eigenvalue weighted by molar-refractivity contribution is -0.149. The lowest BCUT2D eigenvalue weighted by Crippen LogP contribution is -2.59. The summed E-state index contributed by atoms with van der Waals surface area (Å²) in [5, 5.41) is 21.4. The summed E-state index contributed by atoms with van der Waals surface area (Å²) in [6.45, 7) is 7.85. The van der Waals surface area contributed by atoms with E-state index in [1.54, 1.807) is 65.3 Å². The predicted octanol–water partition coefficient (Wildman–Crippen LogP) is 2.88. The highest BCUT2D eigenvalue weighted by Crippen LogP contribution is 2.11. The van der Waals surface area contributed by atoms with Crippen LogP contribution in [0.3, 0.4) is 0 Å². The summed E-state index contributed by atoms with van der Waals surface area (Å²) < 4.78 is 18.2. The molecule has 0 radical (unpaired) electrons. The molecule has 5 amide bonds. The molecule has 66 heavy (non-hydrogen) atoms. The minimum Gasteiger partial charge on any atom is -0.461 e. The summed E-state index contributed by atoms with van der Waals surface area (Å²) in [5.74, 6) is -5.52. The van der Waals surface area contributed by atoms with Crippen molar-refractivity contribution in [3.8, 4) is 0 Å². The maximum absolute atomic E-state index is 14.2. The summed E-state index contributed by atoms with van der Waals surface area (Å²) in [7, 11) is 0. The van der Waals surface area contributed by atoms with Gasteiger partial charge in [0.2, 0.25) is 29.5 Å². The molecule has 1 aromatic heterocycles. The number of rotatable bonds is 28. The molecule has 0 aliphatic rings. The average Bonchev–Trinajstić information content (AvgIpc) is 3.75. The Morgan fingerprint density at radius 2 is 1.12 bits per heavy atom. The molecule has 18 nitrogen and oxygen atoms in total. The second-order valence-electron chi connectivity index (χ2n) is 16.1. The second-order valence-corrected chi connectivity index (χ2v) is 16.1. The number of aromatic nitrogens is 3. The fourth-order valence-electron chi connectivity index (χ4n) is 6.62. The normalized spacial score (nSPS) is 12.7. The third kappa shape index (κ3) is 19.4. The van der Waals surface area contributed by atoms with Crippen molar-refractivity contribution in [2.24, 2.45) is 5.92 Å². The minimum absolute atomic E-state index is 0.0838. The third-order valence-corrected chi connectivity index (χ3v) is 9.91. The molecule has 354 valence electrons. The number of hydrogen-bond donors (Lipinski definition) is 5. The van der Waals surface area contributed by atoms with Gasteiger partial charge in [0.1, 0.15) is 37.4 Å². The van der Waals surface area contributed by atoms with Gasteiger partial charge in [0.25, 0.3) is 0 Å². The Labute approximate surface area is 385 Å². The largest absolute Gasteiger partial charge is 0.461 e. The van der Waals surface area contributed by atoms with Crippen LogP contribution in [0.25, 0.3) is 0 Å². The first-order valence-corrected chi connectivity index (χ1v) is 22.1. The monoisotopic (exact) mass is 910 g/mol. The topological polar surface area (TPSA) is 238 Å².